The molecule has 0 aromatic heterocycles. The van der Waals surface area contributed by atoms with Gasteiger partial charge in [0, 0.05) is 37.4 Å². The third-order valence-electron chi connectivity index (χ3n) is 7.60. The van der Waals surface area contributed by atoms with Crippen molar-refractivity contribution in [1.29, 1.82) is 0 Å². The number of cyclic esters (lactones) is 1. The van der Waals surface area contributed by atoms with E-state index in [1.54, 1.807) is 60.5 Å². The van der Waals surface area contributed by atoms with Gasteiger partial charge in [-0.15, -0.1) is 0 Å². The zero-order valence-electron chi connectivity index (χ0n) is 23.0. The van der Waals surface area contributed by atoms with Gasteiger partial charge in [0.15, 0.2) is 12.1 Å². The maximum absolute atomic E-state index is 13.9. The van der Waals surface area contributed by atoms with Crippen molar-refractivity contribution < 1.29 is 23.9 Å². The van der Waals surface area contributed by atoms with Crippen molar-refractivity contribution in [3.63, 3.8) is 0 Å². The number of ether oxygens (including phenoxy) is 2. The second kappa shape index (κ2) is 11.8. The number of nitrogens with zero attached hydrogens (tertiary/aromatic N) is 3. The Morgan fingerprint density at radius 3 is 2.27 bits per heavy atom. The molecule has 0 aliphatic carbocycles. The van der Waals surface area contributed by atoms with E-state index in [1.807, 2.05) is 43.1 Å². The van der Waals surface area contributed by atoms with Crippen LogP contribution in [0.25, 0.3) is 0 Å². The molecule has 5 rings (SSSR count). The summed E-state index contributed by atoms with van der Waals surface area (Å²) in [6.07, 6.45) is -1.28. The van der Waals surface area contributed by atoms with Crippen molar-refractivity contribution in [3.05, 3.63) is 95.1 Å². The summed E-state index contributed by atoms with van der Waals surface area (Å²) in [5.41, 5.74) is 3.79. The number of likely N-dealkylation sites (N-methyl/N-ethyl adjacent to an activating group) is 1. The van der Waals surface area contributed by atoms with Gasteiger partial charge >= 0.3 is 6.09 Å². The Morgan fingerprint density at radius 1 is 0.950 bits per heavy atom. The predicted octanol–water partition coefficient (Wildman–Crippen LogP) is 4.09. The van der Waals surface area contributed by atoms with Crippen molar-refractivity contribution in [2.24, 2.45) is 0 Å². The fourth-order valence-corrected chi connectivity index (χ4v) is 5.08. The largest absolute Gasteiger partial charge is 0.497 e. The second-order valence-electron chi connectivity index (χ2n) is 10.2. The van der Waals surface area contributed by atoms with E-state index in [4.69, 9.17) is 9.47 Å². The van der Waals surface area contributed by atoms with Gasteiger partial charge in [0.25, 0.3) is 5.91 Å². The summed E-state index contributed by atoms with van der Waals surface area (Å²) in [7, 11) is 3.61. The van der Waals surface area contributed by atoms with Crippen LogP contribution in [0.4, 0.5) is 10.5 Å². The molecule has 3 aromatic rings. The fourth-order valence-electron chi connectivity index (χ4n) is 5.08. The average molecular weight is 543 g/mol. The third kappa shape index (κ3) is 5.79. The molecule has 2 atom stereocenters. The molecule has 208 valence electrons. The summed E-state index contributed by atoms with van der Waals surface area (Å²) in [6.45, 7) is 5.02. The first-order valence-corrected chi connectivity index (χ1v) is 13.4. The van der Waals surface area contributed by atoms with Crippen LogP contribution in [0.2, 0.25) is 0 Å². The van der Waals surface area contributed by atoms with Gasteiger partial charge in [-0.05, 0) is 67.1 Å². The van der Waals surface area contributed by atoms with Crippen LogP contribution in [-0.2, 0) is 16.1 Å². The monoisotopic (exact) mass is 542 g/mol. The molecule has 0 saturated carbocycles. The predicted molar refractivity (Wildman–Crippen MR) is 151 cm³/mol. The van der Waals surface area contributed by atoms with Gasteiger partial charge in [-0.2, -0.15) is 0 Å². The SMILES string of the molecule is COc1ccc(C(=O)Nc2ccc([C@H]3OC(=O)N(Cc4ccccc4C)[C@H]3C(=O)N3CCN(C)CC3)cc2)cc1. The number of hydrogen-bond donors (Lipinski definition) is 1. The first-order valence-electron chi connectivity index (χ1n) is 13.4. The van der Waals surface area contributed by atoms with Gasteiger partial charge in [-0.1, -0.05) is 36.4 Å². The quantitative estimate of drug-likeness (QED) is 0.484. The minimum absolute atomic E-state index is 0.116. The number of amides is 3. The van der Waals surface area contributed by atoms with Gasteiger partial charge in [0.1, 0.15) is 5.75 Å². The van der Waals surface area contributed by atoms with Gasteiger partial charge in [-0.3, -0.25) is 14.5 Å². The smallest absolute Gasteiger partial charge is 0.411 e. The van der Waals surface area contributed by atoms with Crippen LogP contribution < -0.4 is 10.1 Å². The number of methoxy groups -OCH3 is 1. The molecule has 2 heterocycles. The maximum Gasteiger partial charge on any atom is 0.411 e. The summed E-state index contributed by atoms with van der Waals surface area (Å²) in [6, 6.07) is 21.0. The maximum atomic E-state index is 13.9. The molecular formula is C31H34N4O5. The molecule has 0 spiro atoms. The number of benzene rings is 3. The van der Waals surface area contributed by atoms with Gasteiger partial charge < -0.3 is 24.6 Å². The van der Waals surface area contributed by atoms with Crippen LogP contribution in [0.5, 0.6) is 5.75 Å². The molecule has 3 aromatic carbocycles. The molecule has 1 N–H and O–H groups in total. The summed E-state index contributed by atoms with van der Waals surface area (Å²) in [5, 5.41) is 2.88. The Kier molecular flexibility index (Phi) is 8.02. The molecule has 40 heavy (non-hydrogen) atoms. The lowest BCUT2D eigenvalue weighted by atomic mass is 9.99. The molecule has 0 unspecified atom stereocenters. The first kappa shape index (κ1) is 27.2. The van der Waals surface area contributed by atoms with E-state index in [2.05, 4.69) is 10.2 Å². The van der Waals surface area contributed by atoms with Gasteiger partial charge in [-0.25, -0.2) is 4.79 Å². The molecule has 2 aliphatic heterocycles. The molecule has 9 nitrogen and oxygen atoms in total. The topological polar surface area (TPSA) is 91.4 Å². The molecule has 0 bridgehead atoms. The number of nitrogens with one attached hydrogen (secondary N) is 1. The Balaban J connectivity index is 1.37. The summed E-state index contributed by atoms with van der Waals surface area (Å²) in [5.74, 6) is 0.300. The minimum Gasteiger partial charge on any atom is -0.497 e. The highest BCUT2D eigenvalue weighted by molar-refractivity contribution is 6.04. The number of hydrogen-bond acceptors (Lipinski definition) is 6. The van der Waals surface area contributed by atoms with E-state index >= 15 is 0 Å². The van der Waals surface area contributed by atoms with Crippen molar-refractivity contribution in [2.45, 2.75) is 25.6 Å². The highest BCUT2D eigenvalue weighted by Crippen LogP contribution is 2.36. The number of carbonyl (C=O) groups excluding carboxylic acids is 3. The lowest BCUT2D eigenvalue weighted by Crippen LogP contribution is -2.54. The Bertz CT molecular complexity index is 1370. The Hall–Kier alpha value is -4.37. The van der Waals surface area contributed by atoms with Crippen LogP contribution in [0.1, 0.15) is 33.2 Å². The molecule has 9 heteroatoms. The minimum atomic E-state index is -0.796. The first-order chi connectivity index (χ1) is 19.3. The summed E-state index contributed by atoms with van der Waals surface area (Å²) in [4.78, 5) is 45.4. The zero-order chi connectivity index (χ0) is 28.2. The second-order valence-corrected chi connectivity index (χ2v) is 10.2. The highest BCUT2D eigenvalue weighted by atomic mass is 16.6. The van der Waals surface area contributed by atoms with Crippen LogP contribution in [0, 0.1) is 6.92 Å². The van der Waals surface area contributed by atoms with Crippen molar-refractivity contribution in [1.82, 2.24) is 14.7 Å². The lowest BCUT2D eigenvalue weighted by Gasteiger charge is -2.36. The van der Waals surface area contributed by atoms with E-state index in [0.717, 1.165) is 24.2 Å². The van der Waals surface area contributed by atoms with E-state index < -0.39 is 18.2 Å². The van der Waals surface area contributed by atoms with E-state index in [9.17, 15) is 14.4 Å². The van der Waals surface area contributed by atoms with Crippen molar-refractivity contribution in [3.8, 4) is 5.75 Å². The van der Waals surface area contributed by atoms with Crippen LogP contribution in [0.15, 0.2) is 72.8 Å². The number of anilines is 1. The lowest BCUT2D eigenvalue weighted by molar-refractivity contribution is -0.138. The van der Waals surface area contributed by atoms with Gasteiger partial charge in [0.05, 0.1) is 13.7 Å². The molecule has 3 amide bonds. The van der Waals surface area contributed by atoms with Gasteiger partial charge in [0.2, 0.25) is 5.91 Å². The summed E-state index contributed by atoms with van der Waals surface area (Å²) >= 11 is 0. The molecule has 2 aliphatic rings. The normalized spacial score (nSPS) is 19.3. The van der Waals surface area contributed by atoms with E-state index in [1.165, 1.54) is 0 Å². The molecule has 2 saturated heterocycles. The van der Waals surface area contributed by atoms with Crippen LogP contribution >= 0.6 is 0 Å². The zero-order valence-corrected chi connectivity index (χ0v) is 23.0. The molecular weight excluding hydrogens is 508 g/mol. The summed E-state index contributed by atoms with van der Waals surface area (Å²) < 4.78 is 11.0. The number of piperazine rings is 1. The number of rotatable bonds is 7. The Labute approximate surface area is 234 Å². The van der Waals surface area contributed by atoms with E-state index in [-0.39, 0.29) is 18.4 Å². The van der Waals surface area contributed by atoms with Crippen molar-refractivity contribution in [2.75, 3.05) is 45.7 Å². The Morgan fingerprint density at radius 2 is 1.62 bits per heavy atom. The third-order valence-corrected chi connectivity index (χ3v) is 7.60. The average Bonchev–Trinajstić information content (AvgIpc) is 3.30. The fraction of sp³-hybridized carbons (Fsp3) is 0.323. The van der Waals surface area contributed by atoms with Crippen LogP contribution in [-0.4, -0.2) is 79.0 Å². The molecule has 0 radical (unpaired) electrons. The number of aryl methyl sites for hydroxylation is 1. The highest BCUT2D eigenvalue weighted by Gasteiger charge is 2.48. The standard InChI is InChI=1S/C31H34N4O5/c1-21-6-4-5-7-24(21)20-35-27(30(37)34-18-16-33(2)17-19-34)28(40-31(35)38)22-8-12-25(13-9-22)32-29(36)23-10-14-26(39-3)15-11-23/h4-15,27-28H,16-20H2,1-3H3,(H,32,36)/t27-,28-/m1/s1. The van der Waals surface area contributed by atoms with Crippen molar-refractivity contribution >= 4 is 23.6 Å². The van der Waals surface area contributed by atoms with Crippen LogP contribution in [0.3, 0.4) is 0 Å². The number of carbonyl (C=O) groups is 3. The molecule has 2 fully saturated rings. The van der Waals surface area contributed by atoms with E-state index in [0.29, 0.717) is 35.7 Å².